The summed E-state index contributed by atoms with van der Waals surface area (Å²) < 4.78 is 24.0. The van der Waals surface area contributed by atoms with Gasteiger partial charge in [-0.1, -0.05) is 0 Å². The Balaban J connectivity index is 2.76. The SMILES string of the molecule is Cc1ncc(C(N)C(F)F)s1. The van der Waals surface area contributed by atoms with E-state index in [2.05, 4.69) is 4.98 Å². The second kappa shape index (κ2) is 3.23. The molecule has 0 aliphatic heterocycles. The van der Waals surface area contributed by atoms with Crippen LogP contribution in [0.1, 0.15) is 15.9 Å². The average molecular weight is 178 g/mol. The average Bonchev–Trinajstić information content (AvgIpc) is 2.34. The van der Waals surface area contributed by atoms with Crippen LogP contribution in [0.2, 0.25) is 0 Å². The number of hydrogen-bond donors (Lipinski definition) is 1. The maximum atomic E-state index is 12.0. The van der Waals surface area contributed by atoms with E-state index in [4.69, 9.17) is 5.73 Å². The molecule has 5 heteroatoms. The minimum Gasteiger partial charge on any atom is -0.319 e. The highest BCUT2D eigenvalue weighted by atomic mass is 32.1. The minimum atomic E-state index is -2.50. The zero-order chi connectivity index (χ0) is 8.43. The van der Waals surface area contributed by atoms with E-state index in [0.717, 1.165) is 5.01 Å². The van der Waals surface area contributed by atoms with Crippen LogP contribution in [0.25, 0.3) is 0 Å². The predicted octanol–water partition coefficient (Wildman–Crippen LogP) is 1.72. The monoisotopic (exact) mass is 178 g/mol. The standard InChI is InChI=1S/C6H8F2N2S/c1-3-10-2-4(11-3)5(9)6(7)8/h2,5-6H,9H2,1H3. The number of hydrogen-bond acceptors (Lipinski definition) is 3. The molecule has 2 nitrogen and oxygen atoms in total. The van der Waals surface area contributed by atoms with E-state index in [1.165, 1.54) is 17.5 Å². The molecule has 1 atom stereocenters. The lowest BCUT2D eigenvalue weighted by Crippen LogP contribution is -2.17. The van der Waals surface area contributed by atoms with Crippen molar-refractivity contribution in [2.45, 2.75) is 19.4 Å². The molecule has 0 aliphatic carbocycles. The minimum absolute atomic E-state index is 0.442. The van der Waals surface area contributed by atoms with E-state index < -0.39 is 12.5 Å². The fourth-order valence-electron chi connectivity index (χ4n) is 0.656. The quantitative estimate of drug-likeness (QED) is 0.748. The van der Waals surface area contributed by atoms with Gasteiger partial charge < -0.3 is 5.73 Å². The van der Waals surface area contributed by atoms with Crippen LogP contribution in [0, 0.1) is 6.92 Å². The second-order valence-corrected chi connectivity index (χ2v) is 3.41. The third kappa shape index (κ3) is 1.94. The highest BCUT2D eigenvalue weighted by Crippen LogP contribution is 2.22. The summed E-state index contributed by atoms with van der Waals surface area (Å²) in [7, 11) is 0. The molecule has 0 bridgehead atoms. The van der Waals surface area contributed by atoms with Crippen LogP contribution in [-0.4, -0.2) is 11.4 Å². The van der Waals surface area contributed by atoms with Crippen LogP contribution < -0.4 is 5.73 Å². The summed E-state index contributed by atoms with van der Waals surface area (Å²) in [6, 6.07) is -1.18. The van der Waals surface area contributed by atoms with Crippen molar-refractivity contribution >= 4 is 11.3 Å². The highest BCUT2D eigenvalue weighted by molar-refractivity contribution is 7.11. The van der Waals surface area contributed by atoms with Gasteiger partial charge in [0.1, 0.15) is 6.04 Å². The molecule has 1 aromatic rings. The highest BCUT2D eigenvalue weighted by Gasteiger charge is 2.19. The van der Waals surface area contributed by atoms with E-state index in [1.54, 1.807) is 6.92 Å². The van der Waals surface area contributed by atoms with Gasteiger partial charge in [0.2, 0.25) is 0 Å². The van der Waals surface area contributed by atoms with Crippen molar-refractivity contribution < 1.29 is 8.78 Å². The molecule has 0 amide bonds. The van der Waals surface area contributed by atoms with Crippen LogP contribution in [-0.2, 0) is 0 Å². The Labute approximate surface area is 67.1 Å². The third-order valence-electron chi connectivity index (χ3n) is 1.24. The molecule has 0 saturated heterocycles. The van der Waals surface area contributed by atoms with Gasteiger partial charge in [-0.3, -0.25) is 0 Å². The van der Waals surface area contributed by atoms with Gasteiger partial charge in [0.05, 0.1) is 5.01 Å². The summed E-state index contributed by atoms with van der Waals surface area (Å²) in [5.41, 5.74) is 5.17. The molecule has 1 heterocycles. The topological polar surface area (TPSA) is 38.9 Å². The molecular formula is C6H8F2N2S. The summed E-state index contributed by atoms with van der Waals surface area (Å²) in [5, 5.41) is 0.760. The van der Waals surface area contributed by atoms with Gasteiger partial charge in [-0.15, -0.1) is 11.3 Å². The molecular weight excluding hydrogens is 170 g/mol. The number of halogens is 2. The van der Waals surface area contributed by atoms with E-state index in [9.17, 15) is 8.78 Å². The number of rotatable bonds is 2. The van der Waals surface area contributed by atoms with Crippen molar-refractivity contribution in [3.05, 3.63) is 16.1 Å². The van der Waals surface area contributed by atoms with Gasteiger partial charge in [0.15, 0.2) is 0 Å². The van der Waals surface area contributed by atoms with Crippen LogP contribution in [0.3, 0.4) is 0 Å². The van der Waals surface area contributed by atoms with E-state index in [1.807, 2.05) is 0 Å². The molecule has 0 fully saturated rings. The van der Waals surface area contributed by atoms with Crippen molar-refractivity contribution in [2.75, 3.05) is 0 Å². The maximum Gasteiger partial charge on any atom is 0.258 e. The van der Waals surface area contributed by atoms with Gasteiger partial charge in [-0.2, -0.15) is 0 Å². The summed E-state index contributed by atoms with van der Waals surface area (Å²) in [6.45, 7) is 1.76. The molecule has 0 aromatic carbocycles. The Morgan fingerprint density at radius 3 is 2.64 bits per heavy atom. The summed E-state index contributed by atoms with van der Waals surface area (Å²) in [4.78, 5) is 4.27. The van der Waals surface area contributed by atoms with Crippen molar-refractivity contribution in [3.8, 4) is 0 Å². The van der Waals surface area contributed by atoms with E-state index >= 15 is 0 Å². The van der Waals surface area contributed by atoms with E-state index in [0.29, 0.717) is 4.88 Å². The third-order valence-corrected chi connectivity index (χ3v) is 2.25. The number of aryl methyl sites for hydroxylation is 1. The van der Waals surface area contributed by atoms with Gasteiger partial charge in [0, 0.05) is 11.1 Å². The Morgan fingerprint density at radius 1 is 1.64 bits per heavy atom. The van der Waals surface area contributed by atoms with Gasteiger partial charge in [0.25, 0.3) is 6.43 Å². The smallest absolute Gasteiger partial charge is 0.258 e. The molecule has 2 N–H and O–H groups in total. The predicted molar refractivity (Wildman–Crippen MR) is 39.8 cm³/mol. The number of thiazole rings is 1. The zero-order valence-corrected chi connectivity index (χ0v) is 6.74. The molecule has 62 valence electrons. The number of nitrogens with zero attached hydrogens (tertiary/aromatic N) is 1. The first-order valence-electron chi connectivity index (χ1n) is 3.07. The second-order valence-electron chi connectivity index (χ2n) is 2.14. The Morgan fingerprint density at radius 2 is 2.27 bits per heavy atom. The number of alkyl halides is 2. The first kappa shape index (κ1) is 8.55. The summed E-state index contributed by atoms with van der Waals surface area (Å²) >= 11 is 1.21. The molecule has 0 spiro atoms. The Hall–Kier alpha value is -0.550. The van der Waals surface area contributed by atoms with Crippen molar-refractivity contribution in [1.29, 1.82) is 0 Å². The van der Waals surface area contributed by atoms with Gasteiger partial charge in [-0.25, -0.2) is 13.8 Å². The lowest BCUT2D eigenvalue weighted by molar-refractivity contribution is 0.117. The lowest BCUT2D eigenvalue weighted by atomic mass is 10.3. The fourth-order valence-corrected chi connectivity index (χ4v) is 1.45. The molecule has 1 unspecified atom stereocenters. The number of nitrogens with two attached hydrogens (primary N) is 1. The normalized spacial score (nSPS) is 13.9. The zero-order valence-electron chi connectivity index (χ0n) is 5.92. The van der Waals surface area contributed by atoms with Crippen molar-refractivity contribution in [1.82, 2.24) is 4.98 Å². The Bertz CT molecular complexity index is 236. The maximum absolute atomic E-state index is 12.0. The molecule has 1 aromatic heterocycles. The summed E-state index contributed by atoms with van der Waals surface area (Å²) in [6.07, 6.45) is -1.11. The molecule has 0 aliphatic rings. The first-order chi connectivity index (χ1) is 5.11. The Kier molecular flexibility index (Phi) is 2.51. The van der Waals surface area contributed by atoms with Gasteiger partial charge in [-0.05, 0) is 6.92 Å². The van der Waals surface area contributed by atoms with Crippen LogP contribution in [0.15, 0.2) is 6.20 Å². The van der Waals surface area contributed by atoms with Crippen molar-refractivity contribution in [2.24, 2.45) is 5.73 Å². The van der Waals surface area contributed by atoms with Crippen LogP contribution in [0.4, 0.5) is 8.78 Å². The van der Waals surface area contributed by atoms with Gasteiger partial charge >= 0.3 is 0 Å². The lowest BCUT2D eigenvalue weighted by Gasteiger charge is -2.05. The molecule has 1 rings (SSSR count). The van der Waals surface area contributed by atoms with E-state index in [-0.39, 0.29) is 0 Å². The van der Waals surface area contributed by atoms with Crippen molar-refractivity contribution in [3.63, 3.8) is 0 Å². The number of aromatic nitrogens is 1. The first-order valence-corrected chi connectivity index (χ1v) is 3.89. The molecule has 11 heavy (non-hydrogen) atoms. The van der Waals surface area contributed by atoms with Crippen LogP contribution in [0.5, 0.6) is 0 Å². The molecule has 0 saturated carbocycles. The summed E-state index contributed by atoms with van der Waals surface area (Å²) in [5.74, 6) is 0. The largest absolute Gasteiger partial charge is 0.319 e. The molecule has 0 radical (unpaired) electrons. The fraction of sp³-hybridized carbons (Fsp3) is 0.500. The van der Waals surface area contributed by atoms with Crippen LogP contribution >= 0.6 is 11.3 Å².